The number of hydrogen-bond donors (Lipinski definition) is 1. The Balaban J connectivity index is 2.05. The molecule has 1 aliphatic heterocycles. The van der Waals surface area contributed by atoms with Crippen LogP contribution in [0.15, 0.2) is 29.7 Å². The molecule has 0 aliphatic carbocycles. The quantitative estimate of drug-likeness (QED) is 0.769. The standard InChI is InChI=1S/C19H31BN2O3/c1-18(2)19(3,4)25-20(24-18)16(14-21)13-15-7-9-17(10-8-15)23-12-11-22(5)6/h7-10,13H,11-12,14,21H2,1-6H3. The SMILES string of the molecule is CN(C)CCOc1ccc(C=C(CN)B2OC(C)(C)C(C)(C)O2)cc1. The van der Waals surface area contributed by atoms with Gasteiger partial charge in [-0.3, -0.25) is 0 Å². The third-order valence-electron chi connectivity index (χ3n) is 4.83. The normalized spacial score (nSPS) is 19.5. The zero-order chi connectivity index (χ0) is 18.7. The number of ether oxygens (including phenoxy) is 1. The van der Waals surface area contributed by atoms with Crippen molar-refractivity contribution in [1.29, 1.82) is 0 Å². The van der Waals surface area contributed by atoms with Crippen molar-refractivity contribution in [3.05, 3.63) is 35.3 Å². The molecule has 138 valence electrons. The Labute approximate surface area is 152 Å². The van der Waals surface area contributed by atoms with Crippen molar-refractivity contribution in [3.63, 3.8) is 0 Å². The topological polar surface area (TPSA) is 57.0 Å². The van der Waals surface area contributed by atoms with E-state index in [1.807, 2.05) is 72.1 Å². The molecule has 0 radical (unpaired) electrons. The second-order valence-electron chi connectivity index (χ2n) is 7.73. The average Bonchev–Trinajstić information content (AvgIpc) is 2.74. The van der Waals surface area contributed by atoms with Gasteiger partial charge in [0.2, 0.25) is 0 Å². The van der Waals surface area contributed by atoms with Gasteiger partial charge in [0.25, 0.3) is 0 Å². The van der Waals surface area contributed by atoms with Crippen molar-refractivity contribution in [1.82, 2.24) is 4.90 Å². The number of benzene rings is 1. The van der Waals surface area contributed by atoms with E-state index in [1.54, 1.807) is 0 Å². The Morgan fingerprint density at radius 3 is 2.16 bits per heavy atom. The van der Waals surface area contributed by atoms with E-state index in [2.05, 4.69) is 4.90 Å². The summed E-state index contributed by atoms with van der Waals surface area (Å²) in [6.07, 6.45) is 2.03. The highest BCUT2D eigenvalue weighted by Gasteiger charge is 2.52. The van der Waals surface area contributed by atoms with Gasteiger partial charge in [-0.1, -0.05) is 18.2 Å². The van der Waals surface area contributed by atoms with Gasteiger partial charge < -0.3 is 24.7 Å². The molecule has 1 aliphatic rings. The first-order valence-corrected chi connectivity index (χ1v) is 8.78. The van der Waals surface area contributed by atoms with Crippen LogP contribution in [0.1, 0.15) is 33.3 Å². The monoisotopic (exact) mass is 346 g/mol. The van der Waals surface area contributed by atoms with Gasteiger partial charge in [0.05, 0.1) is 11.2 Å². The molecule has 1 heterocycles. The lowest BCUT2D eigenvalue weighted by Crippen LogP contribution is -2.41. The molecule has 5 nitrogen and oxygen atoms in total. The predicted molar refractivity (Wildman–Crippen MR) is 104 cm³/mol. The first kappa shape index (κ1) is 20.0. The van der Waals surface area contributed by atoms with E-state index in [0.29, 0.717) is 13.2 Å². The lowest BCUT2D eigenvalue weighted by molar-refractivity contribution is 0.00578. The lowest BCUT2D eigenvalue weighted by Gasteiger charge is -2.32. The predicted octanol–water partition coefficient (Wildman–Crippen LogP) is 2.60. The Morgan fingerprint density at radius 2 is 1.68 bits per heavy atom. The van der Waals surface area contributed by atoms with Gasteiger partial charge in [0.15, 0.2) is 0 Å². The van der Waals surface area contributed by atoms with Crippen molar-refractivity contribution in [2.75, 3.05) is 33.8 Å². The first-order chi connectivity index (χ1) is 11.6. The fourth-order valence-electron chi connectivity index (χ4n) is 2.44. The van der Waals surface area contributed by atoms with Gasteiger partial charge in [-0.2, -0.15) is 0 Å². The molecule has 1 aromatic rings. The highest BCUT2D eigenvalue weighted by Crippen LogP contribution is 2.38. The Kier molecular flexibility index (Phi) is 6.33. The molecule has 1 aromatic carbocycles. The molecule has 0 amide bonds. The molecule has 1 fully saturated rings. The first-order valence-electron chi connectivity index (χ1n) is 8.78. The molecular formula is C19H31BN2O3. The van der Waals surface area contributed by atoms with Gasteiger partial charge in [0, 0.05) is 13.1 Å². The number of rotatable bonds is 7. The minimum Gasteiger partial charge on any atom is -0.492 e. The number of hydrogen-bond acceptors (Lipinski definition) is 5. The fourth-order valence-corrected chi connectivity index (χ4v) is 2.44. The van der Waals surface area contributed by atoms with E-state index in [-0.39, 0.29) is 11.2 Å². The maximum absolute atomic E-state index is 6.09. The summed E-state index contributed by atoms with van der Waals surface area (Å²) >= 11 is 0. The van der Waals surface area contributed by atoms with Crippen LogP contribution in [0.3, 0.4) is 0 Å². The summed E-state index contributed by atoms with van der Waals surface area (Å²) in [6, 6.07) is 7.98. The molecule has 2 rings (SSSR count). The van der Waals surface area contributed by atoms with Crippen LogP contribution in [0.25, 0.3) is 6.08 Å². The van der Waals surface area contributed by atoms with Crippen LogP contribution in [0, 0.1) is 0 Å². The molecule has 6 heteroatoms. The third-order valence-corrected chi connectivity index (χ3v) is 4.83. The molecule has 1 saturated heterocycles. The third kappa shape index (κ3) is 5.08. The highest BCUT2D eigenvalue weighted by atomic mass is 16.7. The summed E-state index contributed by atoms with van der Waals surface area (Å²) in [6.45, 7) is 10.1. The smallest absolute Gasteiger partial charge is 0.491 e. The number of likely N-dealkylation sites (N-methyl/N-ethyl adjacent to an activating group) is 1. The lowest BCUT2D eigenvalue weighted by atomic mass is 9.77. The van der Waals surface area contributed by atoms with E-state index < -0.39 is 7.12 Å². The van der Waals surface area contributed by atoms with Crippen molar-refractivity contribution in [2.45, 2.75) is 38.9 Å². The van der Waals surface area contributed by atoms with Crippen LogP contribution < -0.4 is 10.5 Å². The Bertz CT molecular complexity index is 581. The molecule has 0 saturated carbocycles. The second kappa shape index (κ2) is 7.91. The van der Waals surface area contributed by atoms with E-state index in [0.717, 1.165) is 23.3 Å². The molecule has 0 unspecified atom stereocenters. The average molecular weight is 346 g/mol. The zero-order valence-electron chi connectivity index (χ0n) is 16.3. The molecule has 25 heavy (non-hydrogen) atoms. The van der Waals surface area contributed by atoms with Gasteiger partial charge in [-0.05, 0) is 65.0 Å². The van der Waals surface area contributed by atoms with Gasteiger partial charge in [0.1, 0.15) is 12.4 Å². The van der Waals surface area contributed by atoms with Crippen LogP contribution in [0.2, 0.25) is 0 Å². The maximum Gasteiger partial charge on any atom is 0.491 e. The van der Waals surface area contributed by atoms with Crippen molar-refractivity contribution >= 4 is 13.2 Å². The summed E-state index contributed by atoms with van der Waals surface area (Å²) < 4.78 is 17.9. The van der Waals surface area contributed by atoms with Crippen LogP contribution in [-0.4, -0.2) is 57.0 Å². The number of nitrogens with zero attached hydrogens (tertiary/aromatic N) is 1. The summed E-state index contributed by atoms with van der Waals surface area (Å²) in [5.41, 5.74) is 7.20. The molecule has 0 atom stereocenters. The fraction of sp³-hybridized carbons (Fsp3) is 0.579. The second-order valence-corrected chi connectivity index (χ2v) is 7.73. The van der Waals surface area contributed by atoms with Crippen molar-refractivity contribution in [2.24, 2.45) is 5.73 Å². The van der Waals surface area contributed by atoms with E-state index in [9.17, 15) is 0 Å². The van der Waals surface area contributed by atoms with Crippen LogP contribution in [0.4, 0.5) is 0 Å². The molecule has 0 bridgehead atoms. The number of nitrogens with two attached hydrogens (primary N) is 1. The summed E-state index contributed by atoms with van der Waals surface area (Å²) in [7, 11) is 3.65. The van der Waals surface area contributed by atoms with Gasteiger partial charge >= 0.3 is 7.12 Å². The van der Waals surface area contributed by atoms with Gasteiger partial charge in [-0.25, -0.2) is 0 Å². The Morgan fingerprint density at radius 1 is 1.12 bits per heavy atom. The summed E-state index contributed by atoms with van der Waals surface area (Å²) in [4.78, 5) is 2.09. The van der Waals surface area contributed by atoms with Crippen molar-refractivity contribution in [3.8, 4) is 5.75 Å². The molecule has 0 aromatic heterocycles. The van der Waals surface area contributed by atoms with E-state index in [4.69, 9.17) is 19.8 Å². The molecule has 0 spiro atoms. The maximum atomic E-state index is 6.09. The minimum atomic E-state index is -0.411. The van der Waals surface area contributed by atoms with Crippen LogP contribution in [-0.2, 0) is 9.31 Å². The summed E-state index contributed by atoms with van der Waals surface area (Å²) in [5.74, 6) is 0.865. The van der Waals surface area contributed by atoms with Gasteiger partial charge in [-0.15, -0.1) is 0 Å². The zero-order valence-corrected chi connectivity index (χ0v) is 16.3. The van der Waals surface area contributed by atoms with E-state index >= 15 is 0 Å². The largest absolute Gasteiger partial charge is 0.492 e. The molecule has 2 N–H and O–H groups in total. The summed E-state index contributed by atoms with van der Waals surface area (Å²) in [5, 5.41) is 0. The van der Waals surface area contributed by atoms with Crippen LogP contribution in [0.5, 0.6) is 5.75 Å². The molecular weight excluding hydrogens is 315 g/mol. The van der Waals surface area contributed by atoms with Crippen LogP contribution >= 0.6 is 0 Å². The highest BCUT2D eigenvalue weighted by molar-refractivity contribution is 6.55. The Hall–Kier alpha value is -1.34. The van der Waals surface area contributed by atoms with Crippen molar-refractivity contribution < 1.29 is 14.0 Å². The minimum absolute atomic E-state index is 0.365. The van der Waals surface area contributed by atoms with E-state index in [1.165, 1.54) is 0 Å².